The first-order valence-corrected chi connectivity index (χ1v) is 9.83. The molecule has 0 unspecified atom stereocenters. The van der Waals surface area contributed by atoms with Crippen LogP contribution in [0.4, 0.5) is 11.5 Å². The molecule has 1 saturated carbocycles. The van der Waals surface area contributed by atoms with Crippen molar-refractivity contribution in [3.05, 3.63) is 67.9 Å². The first kappa shape index (κ1) is 18.4. The van der Waals surface area contributed by atoms with Gasteiger partial charge in [0, 0.05) is 11.3 Å². The summed E-state index contributed by atoms with van der Waals surface area (Å²) in [7, 11) is 0. The lowest BCUT2D eigenvalue weighted by Gasteiger charge is -2.11. The van der Waals surface area contributed by atoms with Crippen molar-refractivity contribution in [2.24, 2.45) is 4.99 Å². The highest BCUT2D eigenvalue weighted by Gasteiger charge is 2.20. The molecule has 3 heterocycles. The highest BCUT2D eigenvalue weighted by molar-refractivity contribution is 6.33. The van der Waals surface area contributed by atoms with Crippen LogP contribution in [0.5, 0.6) is 5.88 Å². The lowest BCUT2D eigenvalue weighted by Crippen LogP contribution is -2.20. The molecule has 0 atom stereocenters. The van der Waals surface area contributed by atoms with Gasteiger partial charge >= 0.3 is 5.69 Å². The minimum atomic E-state index is -0.496. The lowest BCUT2D eigenvalue weighted by atomic mass is 10.2. The number of nitrogens with one attached hydrogen (secondary N) is 3. The highest BCUT2D eigenvalue weighted by atomic mass is 35.5. The quantitative estimate of drug-likeness (QED) is 0.398. The number of fused-ring (bicyclic) bond motifs is 1. The molecule has 0 aliphatic heterocycles. The van der Waals surface area contributed by atoms with Gasteiger partial charge in [0.15, 0.2) is 11.1 Å². The smallest absolute Gasteiger partial charge is 0.326 e. The van der Waals surface area contributed by atoms with Gasteiger partial charge in [-0.25, -0.2) is 9.78 Å². The largest absolute Gasteiger partial charge is 0.493 e. The molecule has 4 aromatic rings. The van der Waals surface area contributed by atoms with Gasteiger partial charge in [0.2, 0.25) is 5.88 Å². The van der Waals surface area contributed by atoms with Gasteiger partial charge in [0.05, 0.1) is 22.9 Å². The van der Waals surface area contributed by atoms with Crippen LogP contribution in [0.15, 0.2) is 40.2 Å². The van der Waals surface area contributed by atoms with E-state index in [-0.39, 0.29) is 17.6 Å². The topological polar surface area (TPSA) is 123 Å². The van der Waals surface area contributed by atoms with Crippen molar-refractivity contribution in [2.45, 2.75) is 25.8 Å². The van der Waals surface area contributed by atoms with Gasteiger partial charge < -0.3 is 15.4 Å². The SMILES string of the molecule is Cc1cccc(Cl)c1Nc1cc(=NC2CC2)n2ncc(=Cc3[nH]c(=O)[nH]c3O)c2n1. The van der Waals surface area contributed by atoms with E-state index in [9.17, 15) is 9.90 Å². The predicted octanol–water partition coefficient (Wildman–Crippen LogP) is 1.77. The molecule has 0 saturated heterocycles. The van der Waals surface area contributed by atoms with Crippen molar-refractivity contribution < 1.29 is 5.11 Å². The van der Waals surface area contributed by atoms with Crippen LogP contribution in [0, 0.1) is 6.92 Å². The number of aromatic hydroxyl groups is 1. The van der Waals surface area contributed by atoms with Crippen LogP contribution >= 0.6 is 11.6 Å². The molecular weight excluding hydrogens is 406 g/mol. The zero-order valence-electron chi connectivity index (χ0n) is 16.0. The Hall–Kier alpha value is -3.59. The molecule has 152 valence electrons. The summed E-state index contributed by atoms with van der Waals surface area (Å²) in [5.41, 5.74) is 2.71. The number of anilines is 2. The van der Waals surface area contributed by atoms with Crippen LogP contribution in [-0.4, -0.2) is 35.7 Å². The molecule has 0 spiro atoms. The summed E-state index contributed by atoms with van der Waals surface area (Å²) in [6.45, 7) is 1.96. The maximum atomic E-state index is 11.4. The van der Waals surface area contributed by atoms with Gasteiger partial charge in [-0.05, 0) is 37.5 Å². The van der Waals surface area contributed by atoms with Crippen molar-refractivity contribution in [1.82, 2.24) is 24.6 Å². The first-order chi connectivity index (χ1) is 14.5. The summed E-state index contributed by atoms with van der Waals surface area (Å²) in [5.74, 6) is 0.322. The molecule has 3 aromatic heterocycles. The van der Waals surface area contributed by atoms with Gasteiger partial charge in [-0.15, -0.1) is 0 Å². The number of aryl methyl sites for hydroxylation is 1. The molecular formula is C20H18ClN7O2. The molecule has 30 heavy (non-hydrogen) atoms. The number of rotatable bonds is 4. The normalized spacial score (nSPS) is 15.3. The standard InChI is InChI=1S/C20H18ClN7O2/c1-10-3-2-4-13(21)17(10)25-15-8-16(23-12-5-6-12)28-18(26-15)11(9-22-28)7-14-19(29)27-20(30)24-14/h2-4,7-9,12,25,29H,5-6H2,1H3,(H2,24,27,30). The second kappa shape index (κ2) is 7.03. The zero-order valence-corrected chi connectivity index (χ0v) is 16.7. The summed E-state index contributed by atoms with van der Waals surface area (Å²) in [6.07, 6.45) is 5.32. The Morgan fingerprint density at radius 3 is 2.90 bits per heavy atom. The monoisotopic (exact) mass is 423 g/mol. The van der Waals surface area contributed by atoms with E-state index < -0.39 is 5.69 Å². The predicted molar refractivity (Wildman–Crippen MR) is 113 cm³/mol. The first-order valence-electron chi connectivity index (χ1n) is 9.46. The molecule has 0 amide bonds. The Balaban J connectivity index is 1.71. The summed E-state index contributed by atoms with van der Waals surface area (Å²) in [5, 5.41) is 18.8. The number of halogens is 1. The third kappa shape index (κ3) is 3.43. The van der Waals surface area contributed by atoms with Crippen molar-refractivity contribution >= 4 is 34.8 Å². The fourth-order valence-electron chi connectivity index (χ4n) is 3.18. The zero-order chi connectivity index (χ0) is 20.8. The van der Waals surface area contributed by atoms with Gasteiger partial charge in [0.25, 0.3) is 0 Å². The fraction of sp³-hybridized carbons (Fsp3) is 0.200. The summed E-state index contributed by atoms with van der Waals surface area (Å²) in [4.78, 5) is 25.7. The Kier molecular flexibility index (Phi) is 4.32. The summed E-state index contributed by atoms with van der Waals surface area (Å²) < 4.78 is 1.65. The number of nitrogens with zero attached hydrogens (tertiary/aromatic N) is 4. The number of benzene rings is 1. The van der Waals surface area contributed by atoms with Crippen molar-refractivity contribution in [3.8, 4) is 5.88 Å². The van der Waals surface area contributed by atoms with Crippen molar-refractivity contribution in [2.75, 3.05) is 5.32 Å². The van der Waals surface area contributed by atoms with E-state index in [4.69, 9.17) is 16.6 Å². The average molecular weight is 424 g/mol. The van der Waals surface area contributed by atoms with E-state index in [0.717, 1.165) is 24.1 Å². The minimum absolute atomic E-state index is 0.247. The molecule has 1 aromatic carbocycles. The number of H-pyrrole nitrogens is 2. The number of aromatic nitrogens is 5. The fourth-order valence-corrected chi connectivity index (χ4v) is 3.45. The number of hydrogen-bond acceptors (Lipinski definition) is 6. The Labute approximate surface area is 174 Å². The molecule has 1 aliphatic carbocycles. The number of hydrogen-bond donors (Lipinski definition) is 4. The molecule has 1 aliphatic rings. The molecule has 0 radical (unpaired) electrons. The number of imidazole rings is 1. The second-order valence-electron chi connectivity index (χ2n) is 7.24. The second-order valence-corrected chi connectivity index (χ2v) is 7.64. The van der Waals surface area contributed by atoms with Gasteiger partial charge in [-0.1, -0.05) is 23.7 Å². The van der Waals surface area contributed by atoms with E-state index >= 15 is 0 Å². The van der Waals surface area contributed by atoms with Crippen LogP contribution in [0.25, 0.3) is 11.7 Å². The van der Waals surface area contributed by atoms with Gasteiger partial charge in [-0.3, -0.25) is 9.98 Å². The third-order valence-corrected chi connectivity index (χ3v) is 5.17. The molecule has 5 rings (SSSR count). The average Bonchev–Trinajstić information content (AvgIpc) is 3.34. The van der Waals surface area contributed by atoms with Crippen LogP contribution < -0.4 is 21.7 Å². The van der Waals surface area contributed by atoms with E-state index in [1.807, 2.05) is 31.2 Å². The summed E-state index contributed by atoms with van der Waals surface area (Å²) >= 11 is 6.37. The van der Waals surface area contributed by atoms with E-state index in [1.165, 1.54) is 0 Å². The molecule has 10 heteroatoms. The molecule has 4 N–H and O–H groups in total. The molecule has 1 fully saturated rings. The lowest BCUT2D eigenvalue weighted by molar-refractivity contribution is 0.454. The van der Waals surface area contributed by atoms with E-state index in [0.29, 0.717) is 27.2 Å². The van der Waals surface area contributed by atoms with Gasteiger partial charge in [0.1, 0.15) is 11.5 Å². The highest BCUT2D eigenvalue weighted by Crippen LogP contribution is 2.28. The van der Waals surface area contributed by atoms with Gasteiger partial charge in [-0.2, -0.15) is 9.61 Å². The third-order valence-electron chi connectivity index (χ3n) is 4.85. The van der Waals surface area contributed by atoms with Crippen LogP contribution in [0.1, 0.15) is 24.1 Å². The minimum Gasteiger partial charge on any atom is -0.493 e. The Morgan fingerprint density at radius 1 is 1.37 bits per heavy atom. The summed E-state index contributed by atoms with van der Waals surface area (Å²) in [6, 6.07) is 7.79. The molecule has 9 nitrogen and oxygen atoms in total. The van der Waals surface area contributed by atoms with E-state index in [2.05, 4.69) is 25.4 Å². The van der Waals surface area contributed by atoms with Crippen LogP contribution in [0.2, 0.25) is 5.02 Å². The maximum absolute atomic E-state index is 11.4. The van der Waals surface area contributed by atoms with Crippen molar-refractivity contribution in [3.63, 3.8) is 0 Å². The number of aromatic amines is 2. The Morgan fingerprint density at radius 2 is 2.20 bits per heavy atom. The Bertz CT molecular complexity index is 1430. The van der Waals surface area contributed by atoms with E-state index in [1.54, 1.807) is 16.8 Å². The van der Waals surface area contributed by atoms with Crippen LogP contribution in [0.3, 0.4) is 0 Å². The molecule has 0 bridgehead atoms. The number of para-hydroxylation sites is 1. The van der Waals surface area contributed by atoms with Crippen LogP contribution in [-0.2, 0) is 0 Å². The van der Waals surface area contributed by atoms with Crippen molar-refractivity contribution in [1.29, 1.82) is 0 Å². The maximum Gasteiger partial charge on any atom is 0.326 e.